The van der Waals surface area contributed by atoms with Gasteiger partial charge in [0.2, 0.25) is 5.91 Å². The summed E-state index contributed by atoms with van der Waals surface area (Å²) < 4.78 is 0. The van der Waals surface area contributed by atoms with E-state index in [-0.39, 0.29) is 17.9 Å². The number of nitrogens with zero attached hydrogens (tertiary/aromatic N) is 2. The van der Waals surface area contributed by atoms with E-state index in [9.17, 15) is 14.7 Å². The van der Waals surface area contributed by atoms with E-state index in [1.165, 1.54) is 0 Å². The van der Waals surface area contributed by atoms with E-state index < -0.39 is 6.10 Å². The minimum absolute atomic E-state index is 0.0931. The van der Waals surface area contributed by atoms with Crippen molar-refractivity contribution >= 4 is 17.5 Å². The van der Waals surface area contributed by atoms with Crippen LogP contribution in [0.4, 0.5) is 5.69 Å². The summed E-state index contributed by atoms with van der Waals surface area (Å²) in [6.07, 6.45) is 4.66. The molecule has 23 heavy (non-hydrogen) atoms. The van der Waals surface area contributed by atoms with Crippen molar-refractivity contribution in [2.45, 2.75) is 50.7 Å². The molecule has 2 aliphatic rings. The summed E-state index contributed by atoms with van der Waals surface area (Å²) in [5.41, 5.74) is 1.36. The molecule has 2 amide bonds. The summed E-state index contributed by atoms with van der Waals surface area (Å²) in [6.45, 7) is 0.716. The van der Waals surface area contributed by atoms with E-state index in [4.69, 9.17) is 0 Å². The van der Waals surface area contributed by atoms with E-state index in [0.29, 0.717) is 18.5 Å². The first-order valence-corrected chi connectivity index (χ1v) is 8.43. The summed E-state index contributed by atoms with van der Waals surface area (Å²) in [6, 6.07) is 7.14. The van der Waals surface area contributed by atoms with Crippen LogP contribution in [0.1, 0.15) is 48.9 Å². The molecular weight excluding hydrogens is 292 g/mol. The van der Waals surface area contributed by atoms with Crippen LogP contribution in [-0.4, -0.2) is 47.6 Å². The number of carbonyl (C=O) groups excluding carboxylic acids is 2. The Morgan fingerprint density at radius 1 is 1.26 bits per heavy atom. The maximum absolute atomic E-state index is 12.7. The van der Waals surface area contributed by atoms with Crippen molar-refractivity contribution in [3.63, 3.8) is 0 Å². The van der Waals surface area contributed by atoms with E-state index >= 15 is 0 Å². The molecule has 0 spiro atoms. The second-order valence-electron chi connectivity index (χ2n) is 6.53. The molecule has 0 radical (unpaired) electrons. The Kier molecular flexibility index (Phi) is 4.66. The van der Waals surface area contributed by atoms with Crippen molar-refractivity contribution in [2.24, 2.45) is 0 Å². The normalized spacial score (nSPS) is 24.8. The number of likely N-dealkylation sites (N-methyl/N-ethyl adjacent to an activating group) is 1. The molecule has 1 aromatic carbocycles. The number of carbonyl (C=O) groups is 2. The smallest absolute Gasteiger partial charge is 0.254 e. The predicted octanol–water partition coefficient (Wildman–Crippen LogP) is 2.19. The highest BCUT2D eigenvalue weighted by Crippen LogP contribution is 2.26. The molecule has 0 aromatic heterocycles. The lowest BCUT2D eigenvalue weighted by Gasteiger charge is -2.35. The molecule has 1 saturated heterocycles. The molecule has 3 rings (SSSR count). The molecule has 1 aromatic rings. The van der Waals surface area contributed by atoms with Crippen LogP contribution in [0.25, 0.3) is 0 Å². The number of aliphatic hydroxyl groups is 1. The van der Waals surface area contributed by atoms with Gasteiger partial charge in [-0.3, -0.25) is 9.59 Å². The molecule has 124 valence electrons. The SMILES string of the molecule is CN(C(=O)c1cccc(N2CCCC2=O)c1)[C@@H]1CCCC[C@H]1O. The monoisotopic (exact) mass is 316 g/mol. The molecule has 1 aliphatic heterocycles. The number of benzene rings is 1. The minimum atomic E-state index is -0.443. The molecule has 0 bridgehead atoms. The maximum Gasteiger partial charge on any atom is 0.254 e. The lowest BCUT2D eigenvalue weighted by molar-refractivity contribution is -0.117. The lowest BCUT2D eigenvalue weighted by atomic mass is 9.91. The Labute approximate surface area is 136 Å². The van der Waals surface area contributed by atoms with Crippen LogP contribution in [0.3, 0.4) is 0 Å². The third-order valence-corrected chi connectivity index (χ3v) is 4.99. The molecule has 2 fully saturated rings. The first-order chi connectivity index (χ1) is 11.1. The first kappa shape index (κ1) is 16.0. The van der Waals surface area contributed by atoms with Gasteiger partial charge in [-0.15, -0.1) is 0 Å². The number of hydrogen-bond donors (Lipinski definition) is 1. The van der Waals surface area contributed by atoms with Gasteiger partial charge in [0.25, 0.3) is 5.91 Å². The molecule has 1 saturated carbocycles. The first-order valence-electron chi connectivity index (χ1n) is 8.43. The van der Waals surface area contributed by atoms with E-state index in [1.807, 2.05) is 12.1 Å². The van der Waals surface area contributed by atoms with Gasteiger partial charge in [-0.1, -0.05) is 18.9 Å². The summed E-state index contributed by atoms with van der Waals surface area (Å²) >= 11 is 0. The highest BCUT2D eigenvalue weighted by molar-refractivity contribution is 5.99. The second kappa shape index (κ2) is 6.71. The Hall–Kier alpha value is -1.88. The summed E-state index contributed by atoms with van der Waals surface area (Å²) in [5, 5.41) is 10.2. The van der Waals surface area contributed by atoms with Gasteiger partial charge in [0.1, 0.15) is 0 Å². The van der Waals surface area contributed by atoms with Crippen molar-refractivity contribution in [1.29, 1.82) is 0 Å². The Balaban J connectivity index is 1.78. The Bertz CT molecular complexity index is 602. The minimum Gasteiger partial charge on any atom is -0.391 e. The number of aliphatic hydroxyl groups excluding tert-OH is 1. The van der Waals surface area contributed by atoms with E-state index in [1.54, 1.807) is 29.0 Å². The third kappa shape index (κ3) is 3.24. The number of rotatable bonds is 3. The van der Waals surface area contributed by atoms with Crippen LogP contribution in [0.5, 0.6) is 0 Å². The summed E-state index contributed by atoms with van der Waals surface area (Å²) in [4.78, 5) is 28.0. The van der Waals surface area contributed by atoms with E-state index in [0.717, 1.165) is 37.8 Å². The lowest BCUT2D eigenvalue weighted by Crippen LogP contribution is -2.46. The van der Waals surface area contributed by atoms with Crippen LogP contribution in [-0.2, 0) is 4.79 Å². The summed E-state index contributed by atoms with van der Waals surface area (Å²) in [7, 11) is 1.76. The van der Waals surface area contributed by atoms with Crippen LogP contribution in [0.15, 0.2) is 24.3 Å². The average Bonchev–Trinajstić information content (AvgIpc) is 3.00. The molecule has 1 aliphatic carbocycles. The number of amides is 2. The fourth-order valence-electron chi connectivity index (χ4n) is 3.63. The largest absolute Gasteiger partial charge is 0.391 e. The standard InChI is InChI=1S/C18H24N2O3/c1-19(15-8-2-3-9-16(15)21)18(23)13-6-4-7-14(12-13)20-11-5-10-17(20)22/h4,6-7,12,15-16,21H,2-3,5,8-11H2,1H3/t15-,16-/m1/s1. The summed E-state index contributed by atoms with van der Waals surface area (Å²) in [5.74, 6) is 0.0232. The van der Waals surface area contributed by atoms with Crippen molar-refractivity contribution < 1.29 is 14.7 Å². The van der Waals surface area contributed by atoms with Gasteiger partial charge in [-0.2, -0.15) is 0 Å². The quantitative estimate of drug-likeness (QED) is 0.930. The number of hydrogen-bond acceptors (Lipinski definition) is 3. The van der Waals surface area contributed by atoms with Gasteiger partial charge < -0.3 is 14.9 Å². The maximum atomic E-state index is 12.7. The predicted molar refractivity (Wildman–Crippen MR) is 88.4 cm³/mol. The molecule has 1 heterocycles. The number of anilines is 1. The van der Waals surface area contributed by atoms with E-state index in [2.05, 4.69) is 0 Å². The Morgan fingerprint density at radius 3 is 2.74 bits per heavy atom. The highest BCUT2D eigenvalue weighted by Gasteiger charge is 2.30. The van der Waals surface area contributed by atoms with Crippen molar-refractivity contribution in [2.75, 3.05) is 18.5 Å². The van der Waals surface area contributed by atoms with Crippen LogP contribution in [0.2, 0.25) is 0 Å². The molecule has 2 atom stereocenters. The van der Waals surface area contributed by atoms with Gasteiger partial charge in [0, 0.05) is 31.3 Å². The topological polar surface area (TPSA) is 60.9 Å². The molecule has 5 heteroatoms. The zero-order chi connectivity index (χ0) is 16.4. The van der Waals surface area contributed by atoms with Gasteiger partial charge in [-0.05, 0) is 37.5 Å². The van der Waals surface area contributed by atoms with Gasteiger partial charge >= 0.3 is 0 Å². The molecule has 0 unspecified atom stereocenters. The fourth-order valence-corrected chi connectivity index (χ4v) is 3.63. The molecule has 5 nitrogen and oxygen atoms in total. The van der Waals surface area contributed by atoms with Crippen molar-refractivity contribution in [1.82, 2.24) is 4.90 Å². The van der Waals surface area contributed by atoms with Crippen molar-refractivity contribution in [3.8, 4) is 0 Å². The third-order valence-electron chi connectivity index (χ3n) is 4.99. The molecule has 1 N–H and O–H groups in total. The fraction of sp³-hybridized carbons (Fsp3) is 0.556. The average molecular weight is 316 g/mol. The zero-order valence-corrected chi connectivity index (χ0v) is 13.6. The van der Waals surface area contributed by atoms with Crippen LogP contribution >= 0.6 is 0 Å². The van der Waals surface area contributed by atoms with Crippen molar-refractivity contribution in [3.05, 3.63) is 29.8 Å². The zero-order valence-electron chi connectivity index (χ0n) is 13.6. The Morgan fingerprint density at radius 2 is 2.04 bits per heavy atom. The van der Waals surface area contributed by atoms with Gasteiger partial charge in [0.15, 0.2) is 0 Å². The van der Waals surface area contributed by atoms with Gasteiger partial charge in [-0.25, -0.2) is 0 Å². The van der Waals surface area contributed by atoms with Crippen LogP contribution < -0.4 is 4.90 Å². The van der Waals surface area contributed by atoms with Crippen LogP contribution in [0, 0.1) is 0 Å². The molecular formula is C18H24N2O3. The second-order valence-corrected chi connectivity index (χ2v) is 6.53. The highest BCUT2D eigenvalue weighted by atomic mass is 16.3. The van der Waals surface area contributed by atoms with Gasteiger partial charge in [0.05, 0.1) is 12.1 Å².